The first-order valence-electron chi connectivity index (χ1n) is 8.90. The maximum atomic E-state index is 5.61. The van der Waals surface area contributed by atoms with E-state index in [1.807, 2.05) is 25.4 Å². The van der Waals surface area contributed by atoms with Crippen molar-refractivity contribution in [2.45, 2.75) is 20.3 Å². The van der Waals surface area contributed by atoms with Gasteiger partial charge in [0.05, 0.1) is 0 Å². The fourth-order valence-corrected chi connectivity index (χ4v) is 2.71. The molecule has 7 heteroatoms. The van der Waals surface area contributed by atoms with E-state index in [-0.39, 0.29) is 24.0 Å². The van der Waals surface area contributed by atoms with Crippen LogP contribution in [-0.2, 0) is 4.74 Å². The quantitative estimate of drug-likeness (QED) is 0.293. The van der Waals surface area contributed by atoms with Crippen molar-refractivity contribution in [1.82, 2.24) is 15.2 Å². The number of nitrogens with one attached hydrogen (secondary N) is 1. The number of piperazine rings is 1. The summed E-state index contributed by atoms with van der Waals surface area (Å²) >= 11 is 0. The number of hydrogen-bond donors (Lipinski definition) is 1. The van der Waals surface area contributed by atoms with E-state index in [9.17, 15) is 0 Å². The largest absolute Gasteiger partial charge is 0.381 e. The van der Waals surface area contributed by atoms with Crippen molar-refractivity contribution >= 4 is 35.8 Å². The molecule has 0 radical (unpaired) electrons. The van der Waals surface area contributed by atoms with Crippen LogP contribution in [-0.4, -0.2) is 68.8 Å². The molecule has 0 unspecified atom stereocenters. The number of aromatic nitrogens is 1. The van der Waals surface area contributed by atoms with Gasteiger partial charge in [0.2, 0.25) is 0 Å². The van der Waals surface area contributed by atoms with Crippen LogP contribution in [0.1, 0.15) is 20.3 Å². The summed E-state index contributed by atoms with van der Waals surface area (Å²) in [7, 11) is 1.85. The molecule has 0 atom stereocenters. The number of ether oxygens (including phenoxy) is 1. The van der Waals surface area contributed by atoms with E-state index in [0.29, 0.717) is 5.92 Å². The molecule has 0 aromatic carbocycles. The molecule has 142 valence electrons. The van der Waals surface area contributed by atoms with Gasteiger partial charge in [-0.2, -0.15) is 0 Å². The molecule has 1 aliphatic heterocycles. The smallest absolute Gasteiger partial charge is 0.193 e. The van der Waals surface area contributed by atoms with Crippen LogP contribution in [0.4, 0.5) is 5.82 Å². The van der Waals surface area contributed by atoms with Gasteiger partial charge in [-0.1, -0.05) is 19.9 Å². The van der Waals surface area contributed by atoms with Crippen LogP contribution in [0.25, 0.3) is 0 Å². The Balaban J connectivity index is 0.00000312. The third kappa shape index (κ3) is 7.77. The lowest BCUT2D eigenvalue weighted by atomic mass is 10.2. The lowest BCUT2D eigenvalue weighted by Crippen LogP contribution is -2.52. The Kier molecular flexibility index (Phi) is 10.8. The summed E-state index contributed by atoms with van der Waals surface area (Å²) in [5, 5.41) is 3.44. The number of nitrogens with zero attached hydrogens (tertiary/aromatic N) is 4. The topological polar surface area (TPSA) is 53.0 Å². The van der Waals surface area contributed by atoms with Crippen LogP contribution in [0.15, 0.2) is 29.4 Å². The summed E-state index contributed by atoms with van der Waals surface area (Å²) < 4.78 is 5.61. The third-order valence-corrected chi connectivity index (χ3v) is 3.96. The maximum Gasteiger partial charge on any atom is 0.193 e. The molecular weight excluding hydrogens is 429 g/mol. The van der Waals surface area contributed by atoms with E-state index >= 15 is 0 Å². The Morgan fingerprint density at radius 2 is 2.04 bits per heavy atom. The van der Waals surface area contributed by atoms with Gasteiger partial charge in [0.15, 0.2) is 5.96 Å². The zero-order chi connectivity index (χ0) is 17.2. The van der Waals surface area contributed by atoms with E-state index in [2.05, 4.69) is 45.0 Å². The predicted octanol–water partition coefficient (Wildman–Crippen LogP) is 2.46. The highest BCUT2D eigenvalue weighted by atomic mass is 127. The van der Waals surface area contributed by atoms with Gasteiger partial charge >= 0.3 is 0 Å². The van der Waals surface area contributed by atoms with E-state index < -0.39 is 0 Å². The van der Waals surface area contributed by atoms with Gasteiger partial charge in [0, 0.05) is 59.2 Å². The zero-order valence-electron chi connectivity index (χ0n) is 15.6. The lowest BCUT2D eigenvalue weighted by molar-refractivity contribution is 0.108. The van der Waals surface area contributed by atoms with Gasteiger partial charge < -0.3 is 19.9 Å². The average Bonchev–Trinajstić information content (AvgIpc) is 2.62. The standard InChI is InChI=1S/C18H31N5O.HI/c1-16(2)15-24-14-6-9-21-18(19-3)23-12-10-22(11-13-23)17-7-4-5-8-20-17;/h4-5,7-8,16H,6,9-15H2,1-3H3,(H,19,21);1H. The van der Waals surface area contributed by atoms with Crippen molar-refractivity contribution in [3.63, 3.8) is 0 Å². The fourth-order valence-electron chi connectivity index (χ4n) is 2.71. The fraction of sp³-hybridized carbons (Fsp3) is 0.667. The van der Waals surface area contributed by atoms with E-state index in [1.165, 1.54) is 0 Å². The number of halogens is 1. The van der Waals surface area contributed by atoms with Gasteiger partial charge in [-0.25, -0.2) is 4.98 Å². The van der Waals surface area contributed by atoms with Crippen LogP contribution < -0.4 is 10.2 Å². The van der Waals surface area contributed by atoms with Crippen LogP contribution in [0.5, 0.6) is 0 Å². The molecule has 1 saturated heterocycles. The Hall–Kier alpha value is -1.09. The Bertz CT molecular complexity index is 489. The van der Waals surface area contributed by atoms with Gasteiger partial charge in [0.25, 0.3) is 0 Å². The molecule has 1 aromatic heterocycles. The number of hydrogen-bond acceptors (Lipinski definition) is 4. The molecule has 2 heterocycles. The summed E-state index contributed by atoms with van der Waals surface area (Å²) in [5.41, 5.74) is 0. The molecule has 0 spiro atoms. The predicted molar refractivity (Wildman–Crippen MR) is 115 cm³/mol. The number of aliphatic imine (C=N–C) groups is 1. The van der Waals surface area contributed by atoms with Crippen LogP contribution in [0.3, 0.4) is 0 Å². The van der Waals surface area contributed by atoms with Crippen molar-refractivity contribution in [2.75, 3.05) is 57.9 Å². The number of guanidine groups is 1. The van der Waals surface area contributed by atoms with Crippen LogP contribution >= 0.6 is 24.0 Å². The highest BCUT2D eigenvalue weighted by Gasteiger charge is 2.20. The molecule has 2 rings (SSSR count). The van der Waals surface area contributed by atoms with Crippen molar-refractivity contribution in [3.05, 3.63) is 24.4 Å². The minimum absolute atomic E-state index is 0. The second kappa shape index (κ2) is 12.3. The van der Waals surface area contributed by atoms with Crippen molar-refractivity contribution < 1.29 is 4.74 Å². The summed E-state index contributed by atoms with van der Waals surface area (Å²) in [5.74, 6) is 2.64. The average molecular weight is 461 g/mol. The van der Waals surface area contributed by atoms with E-state index in [1.54, 1.807) is 0 Å². The molecule has 1 N–H and O–H groups in total. The molecule has 1 aliphatic rings. The Labute approximate surface area is 169 Å². The molecule has 0 amide bonds. The minimum Gasteiger partial charge on any atom is -0.381 e. The first-order valence-corrected chi connectivity index (χ1v) is 8.90. The minimum atomic E-state index is 0. The van der Waals surface area contributed by atoms with Gasteiger partial charge in [-0.05, 0) is 24.5 Å². The monoisotopic (exact) mass is 461 g/mol. The van der Waals surface area contributed by atoms with Crippen LogP contribution in [0, 0.1) is 5.92 Å². The molecular formula is C18H32IN5O. The zero-order valence-corrected chi connectivity index (χ0v) is 18.0. The number of rotatable bonds is 7. The van der Waals surface area contributed by atoms with Crippen molar-refractivity contribution in [3.8, 4) is 0 Å². The van der Waals surface area contributed by atoms with Crippen molar-refractivity contribution in [2.24, 2.45) is 10.9 Å². The van der Waals surface area contributed by atoms with E-state index in [0.717, 1.165) is 64.1 Å². The highest BCUT2D eigenvalue weighted by Crippen LogP contribution is 2.12. The summed E-state index contributed by atoms with van der Waals surface area (Å²) in [6.45, 7) is 10.7. The molecule has 0 saturated carbocycles. The van der Waals surface area contributed by atoms with Crippen LogP contribution in [0.2, 0.25) is 0 Å². The second-order valence-electron chi connectivity index (χ2n) is 6.46. The third-order valence-electron chi connectivity index (χ3n) is 3.96. The molecule has 25 heavy (non-hydrogen) atoms. The highest BCUT2D eigenvalue weighted by molar-refractivity contribution is 14.0. The maximum absolute atomic E-state index is 5.61. The van der Waals surface area contributed by atoms with Crippen molar-refractivity contribution in [1.29, 1.82) is 0 Å². The van der Waals surface area contributed by atoms with Gasteiger partial charge in [-0.15, -0.1) is 24.0 Å². The number of anilines is 1. The first kappa shape index (κ1) is 22.0. The Morgan fingerprint density at radius 1 is 1.28 bits per heavy atom. The molecule has 6 nitrogen and oxygen atoms in total. The summed E-state index contributed by atoms with van der Waals surface area (Å²) in [4.78, 5) is 13.5. The lowest BCUT2D eigenvalue weighted by Gasteiger charge is -2.37. The molecule has 0 aliphatic carbocycles. The summed E-state index contributed by atoms with van der Waals surface area (Å²) in [6.07, 6.45) is 2.85. The summed E-state index contributed by atoms with van der Waals surface area (Å²) in [6, 6.07) is 6.06. The Morgan fingerprint density at radius 3 is 2.64 bits per heavy atom. The molecule has 1 fully saturated rings. The normalized spacial score (nSPS) is 15.3. The molecule has 0 bridgehead atoms. The van der Waals surface area contributed by atoms with Gasteiger partial charge in [0.1, 0.15) is 5.82 Å². The molecule has 1 aromatic rings. The second-order valence-corrected chi connectivity index (χ2v) is 6.46. The van der Waals surface area contributed by atoms with Gasteiger partial charge in [-0.3, -0.25) is 4.99 Å². The first-order chi connectivity index (χ1) is 11.7. The number of pyridine rings is 1. The van der Waals surface area contributed by atoms with E-state index in [4.69, 9.17) is 4.74 Å². The SMILES string of the molecule is CN=C(NCCCOCC(C)C)N1CCN(c2ccccn2)CC1.I.